The van der Waals surface area contributed by atoms with Gasteiger partial charge in [0.2, 0.25) is 0 Å². The van der Waals surface area contributed by atoms with E-state index in [-0.39, 0.29) is 18.6 Å². The standard InChI is InChI=1S/C8H17BO4/c1-5(2-9)6-7(11)8(12,3-10)4-13-6/h5-7,10-12H,2-4,9H2,1H3/t5?,6?,7-,8+/m1/s1. The van der Waals surface area contributed by atoms with Gasteiger partial charge >= 0.3 is 0 Å². The fraction of sp³-hybridized carbons (Fsp3) is 1.00. The van der Waals surface area contributed by atoms with Gasteiger partial charge in [0.05, 0.1) is 19.3 Å². The molecule has 4 nitrogen and oxygen atoms in total. The molecular weight excluding hydrogens is 171 g/mol. The first-order valence-electron chi connectivity index (χ1n) is 4.68. The van der Waals surface area contributed by atoms with E-state index in [1.807, 2.05) is 14.8 Å². The van der Waals surface area contributed by atoms with E-state index in [1.165, 1.54) is 0 Å². The highest BCUT2D eigenvalue weighted by atomic mass is 16.5. The van der Waals surface area contributed by atoms with Crippen molar-refractivity contribution in [3.63, 3.8) is 0 Å². The molecule has 5 heteroatoms. The van der Waals surface area contributed by atoms with Crippen LogP contribution in [-0.4, -0.2) is 54.2 Å². The van der Waals surface area contributed by atoms with Crippen molar-refractivity contribution in [3.05, 3.63) is 0 Å². The molecule has 1 saturated heterocycles. The minimum Gasteiger partial charge on any atom is -0.393 e. The first kappa shape index (κ1) is 11.0. The van der Waals surface area contributed by atoms with E-state index in [1.54, 1.807) is 0 Å². The maximum absolute atomic E-state index is 9.67. The molecule has 0 amide bonds. The van der Waals surface area contributed by atoms with Gasteiger partial charge in [0.15, 0.2) is 0 Å². The van der Waals surface area contributed by atoms with E-state index in [9.17, 15) is 10.2 Å². The number of hydrogen-bond donors (Lipinski definition) is 3. The molecule has 0 saturated carbocycles. The number of hydrogen-bond acceptors (Lipinski definition) is 4. The third-order valence-electron chi connectivity index (χ3n) is 2.87. The van der Waals surface area contributed by atoms with E-state index in [4.69, 9.17) is 9.84 Å². The van der Waals surface area contributed by atoms with Gasteiger partial charge < -0.3 is 20.1 Å². The quantitative estimate of drug-likeness (QED) is 0.455. The summed E-state index contributed by atoms with van der Waals surface area (Å²) in [6, 6.07) is 0. The van der Waals surface area contributed by atoms with Crippen LogP contribution in [0, 0.1) is 5.92 Å². The van der Waals surface area contributed by atoms with Crippen LogP contribution in [0.1, 0.15) is 6.92 Å². The normalized spacial score (nSPS) is 42.2. The summed E-state index contributed by atoms with van der Waals surface area (Å²) < 4.78 is 5.26. The van der Waals surface area contributed by atoms with Crippen LogP contribution < -0.4 is 0 Å². The van der Waals surface area contributed by atoms with Crippen molar-refractivity contribution in [2.45, 2.75) is 31.1 Å². The molecule has 3 N–H and O–H groups in total. The SMILES string of the molecule is BCC(C)C1OC[C@@](O)(CO)[C@@H]1O. The van der Waals surface area contributed by atoms with Gasteiger partial charge in [0, 0.05) is 0 Å². The molecule has 0 radical (unpaired) electrons. The zero-order valence-corrected chi connectivity index (χ0v) is 8.10. The summed E-state index contributed by atoms with van der Waals surface area (Å²) in [6.45, 7) is 1.51. The van der Waals surface area contributed by atoms with Crippen LogP contribution >= 0.6 is 0 Å². The first-order valence-corrected chi connectivity index (χ1v) is 4.68. The van der Waals surface area contributed by atoms with Gasteiger partial charge in [-0.25, -0.2) is 0 Å². The highest BCUT2D eigenvalue weighted by Gasteiger charge is 2.48. The lowest BCUT2D eigenvalue weighted by molar-refractivity contribution is -0.0841. The van der Waals surface area contributed by atoms with Crippen molar-refractivity contribution in [2.24, 2.45) is 5.92 Å². The highest BCUT2D eigenvalue weighted by molar-refractivity contribution is 6.08. The molecule has 1 aliphatic rings. The molecule has 0 aromatic heterocycles. The van der Waals surface area contributed by atoms with Crippen molar-refractivity contribution in [1.29, 1.82) is 0 Å². The fourth-order valence-corrected chi connectivity index (χ4v) is 1.57. The summed E-state index contributed by atoms with van der Waals surface area (Å²) in [5.74, 6) is 0.190. The largest absolute Gasteiger partial charge is 0.393 e. The zero-order valence-electron chi connectivity index (χ0n) is 8.10. The number of aliphatic hydroxyl groups is 3. The second-order valence-electron chi connectivity index (χ2n) is 3.87. The van der Waals surface area contributed by atoms with Gasteiger partial charge in [0.1, 0.15) is 19.6 Å². The average molecular weight is 188 g/mol. The second-order valence-corrected chi connectivity index (χ2v) is 3.87. The topological polar surface area (TPSA) is 69.9 Å². The minimum absolute atomic E-state index is 0.0136. The van der Waals surface area contributed by atoms with E-state index in [0.29, 0.717) is 0 Å². The molecule has 4 atom stereocenters. The van der Waals surface area contributed by atoms with Gasteiger partial charge in [-0.05, 0) is 5.92 Å². The monoisotopic (exact) mass is 188 g/mol. The molecule has 0 aromatic rings. The van der Waals surface area contributed by atoms with Crippen LogP contribution in [0.3, 0.4) is 0 Å². The molecular formula is C8H17BO4. The lowest BCUT2D eigenvalue weighted by atomic mass is 9.84. The third-order valence-corrected chi connectivity index (χ3v) is 2.87. The Bertz CT molecular complexity index is 178. The zero-order chi connectivity index (χ0) is 10.1. The van der Waals surface area contributed by atoms with E-state index in [0.717, 1.165) is 6.32 Å². The Morgan fingerprint density at radius 1 is 1.69 bits per heavy atom. The molecule has 1 fully saturated rings. The summed E-state index contributed by atoms with van der Waals surface area (Å²) >= 11 is 0. The van der Waals surface area contributed by atoms with Crippen LogP contribution in [0.2, 0.25) is 6.32 Å². The van der Waals surface area contributed by atoms with Crippen LogP contribution in [0.5, 0.6) is 0 Å². The molecule has 1 aliphatic heterocycles. The number of aliphatic hydroxyl groups excluding tert-OH is 2. The summed E-state index contributed by atoms with van der Waals surface area (Å²) in [4.78, 5) is 0. The molecule has 1 rings (SSSR count). The molecule has 1 heterocycles. The van der Waals surface area contributed by atoms with Gasteiger partial charge in [-0.1, -0.05) is 13.2 Å². The molecule has 0 aromatic carbocycles. The molecule has 0 aliphatic carbocycles. The fourth-order valence-electron chi connectivity index (χ4n) is 1.57. The minimum atomic E-state index is -1.46. The van der Waals surface area contributed by atoms with E-state index < -0.39 is 18.3 Å². The third kappa shape index (κ3) is 1.88. The van der Waals surface area contributed by atoms with E-state index >= 15 is 0 Å². The molecule has 2 unspecified atom stereocenters. The van der Waals surface area contributed by atoms with Gasteiger partial charge in [0.25, 0.3) is 0 Å². The molecule has 0 bridgehead atoms. The van der Waals surface area contributed by atoms with Crippen molar-refractivity contribution in [2.75, 3.05) is 13.2 Å². The average Bonchev–Trinajstić information content (AvgIpc) is 2.44. The highest BCUT2D eigenvalue weighted by Crippen LogP contribution is 2.29. The van der Waals surface area contributed by atoms with Crippen molar-refractivity contribution < 1.29 is 20.1 Å². The smallest absolute Gasteiger partial charge is 0.139 e. The molecule has 13 heavy (non-hydrogen) atoms. The molecule has 0 spiro atoms. The van der Waals surface area contributed by atoms with Crippen molar-refractivity contribution in [1.82, 2.24) is 0 Å². The Hall–Kier alpha value is -0.0951. The van der Waals surface area contributed by atoms with Gasteiger partial charge in [-0.2, -0.15) is 0 Å². The lowest BCUT2D eigenvalue weighted by Gasteiger charge is -2.26. The van der Waals surface area contributed by atoms with Crippen LogP contribution in [-0.2, 0) is 4.74 Å². The maximum atomic E-state index is 9.67. The Balaban J connectivity index is 2.64. The van der Waals surface area contributed by atoms with Crippen LogP contribution in [0.25, 0.3) is 0 Å². The summed E-state index contributed by atoms with van der Waals surface area (Å²) in [7, 11) is 2.00. The lowest BCUT2D eigenvalue weighted by Crippen LogP contribution is -2.48. The van der Waals surface area contributed by atoms with Crippen molar-refractivity contribution in [3.8, 4) is 0 Å². The summed E-state index contributed by atoms with van der Waals surface area (Å²) in [6.07, 6.45) is -0.460. The van der Waals surface area contributed by atoms with Crippen molar-refractivity contribution >= 4 is 7.85 Å². The molecule has 76 valence electrons. The van der Waals surface area contributed by atoms with Crippen LogP contribution in [0.15, 0.2) is 0 Å². The van der Waals surface area contributed by atoms with Gasteiger partial charge in [-0.15, -0.1) is 0 Å². The Morgan fingerprint density at radius 3 is 2.69 bits per heavy atom. The van der Waals surface area contributed by atoms with Crippen LogP contribution in [0.4, 0.5) is 0 Å². The van der Waals surface area contributed by atoms with E-state index in [2.05, 4.69) is 0 Å². The Labute approximate surface area is 78.9 Å². The summed E-state index contributed by atoms with van der Waals surface area (Å²) in [5.41, 5.74) is -1.46. The number of rotatable bonds is 3. The van der Waals surface area contributed by atoms with Gasteiger partial charge in [-0.3, -0.25) is 0 Å². The predicted octanol–water partition coefficient (Wildman–Crippen LogP) is -1.84. The Morgan fingerprint density at radius 2 is 2.31 bits per heavy atom. The summed E-state index contributed by atoms with van der Waals surface area (Å²) in [5, 5.41) is 28.2. The Kier molecular flexibility index (Phi) is 3.35. The predicted molar refractivity (Wildman–Crippen MR) is 50.3 cm³/mol. The maximum Gasteiger partial charge on any atom is 0.139 e. The second kappa shape index (κ2) is 3.96. The number of ether oxygens (including phenoxy) is 1. The first-order chi connectivity index (χ1) is 6.05.